The van der Waals surface area contributed by atoms with E-state index in [-0.39, 0.29) is 30.3 Å². The van der Waals surface area contributed by atoms with Crippen LogP contribution in [0.5, 0.6) is 0 Å². The maximum atomic E-state index is 12.9. The van der Waals surface area contributed by atoms with Gasteiger partial charge in [-0.05, 0) is 49.2 Å². The van der Waals surface area contributed by atoms with Gasteiger partial charge in [-0.15, -0.1) is 0 Å². The summed E-state index contributed by atoms with van der Waals surface area (Å²) in [5, 5.41) is 5.21. The van der Waals surface area contributed by atoms with Gasteiger partial charge in [-0.3, -0.25) is 14.4 Å². The molecule has 3 rings (SSSR count). The second-order valence-corrected chi connectivity index (χ2v) is 6.71. The van der Waals surface area contributed by atoms with Crippen LogP contribution in [0.4, 0.5) is 0 Å². The molecule has 0 aliphatic rings. The summed E-state index contributed by atoms with van der Waals surface area (Å²) in [4.78, 5) is 37.5. The van der Waals surface area contributed by atoms with E-state index in [4.69, 9.17) is 4.42 Å². The summed E-state index contributed by atoms with van der Waals surface area (Å²) >= 11 is 0. The number of hydrogen-bond donors (Lipinski definition) is 2. The second kappa shape index (κ2) is 9.01. The number of hydrogen-bond acceptors (Lipinski definition) is 4. The van der Waals surface area contributed by atoms with Crippen molar-refractivity contribution in [3.05, 3.63) is 94.4 Å². The van der Waals surface area contributed by atoms with Gasteiger partial charge in [0.05, 0.1) is 24.9 Å². The number of aryl methyl sites for hydroxylation is 2. The van der Waals surface area contributed by atoms with E-state index in [0.717, 1.165) is 11.1 Å². The number of carbonyl (C=O) groups is 3. The van der Waals surface area contributed by atoms with Crippen molar-refractivity contribution in [3.8, 4) is 0 Å². The molecule has 0 fully saturated rings. The summed E-state index contributed by atoms with van der Waals surface area (Å²) in [5.74, 6) is -0.450. The van der Waals surface area contributed by atoms with Gasteiger partial charge in [0.1, 0.15) is 5.76 Å². The number of benzene rings is 2. The zero-order valence-corrected chi connectivity index (χ0v) is 16.3. The minimum absolute atomic E-state index is 0.203. The molecule has 0 unspecified atom stereocenters. The standard InChI is InChI=1S/C23H22N2O4/c1-15-9-10-17(12-16(15)2)22(27)19-7-3-4-8-20(19)23(28)25-14-21(26)24-13-18-6-5-11-29-18/h3-12H,13-14H2,1-2H3,(H,24,26)(H,25,28). The van der Waals surface area contributed by atoms with Crippen LogP contribution < -0.4 is 10.6 Å². The fourth-order valence-electron chi connectivity index (χ4n) is 2.83. The first-order valence-electron chi connectivity index (χ1n) is 9.24. The van der Waals surface area contributed by atoms with Crippen molar-refractivity contribution in [3.63, 3.8) is 0 Å². The fraction of sp³-hybridized carbons (Fsp3) is 0.174. The maximum absolute atomic E-state index is 12.9. The third-order valence-corrected chi connectivity index (χ3v) is 4.63. The third kappa shape index (κ3) is 4.99. The highest BCUT2D eigenvalue weighted by atomic mass is 16.3. The molecule has 0 aliphatic carbocycles. The van der Waals surface area contributed by atoms with Crippen LogP contribution in [0.2, 0.25) is 0 Å². The molecular formula is C23H22N2O4. The van der Waals surface area contributed by atoms with Gasteiger partial charge in [-0.25, -0.2) is 0 Å². The van der Waals surface area contributed by atoms with Crippen LogP contribution in [0.3, 0.4) is 0 Å². The normalized spacial score (nSPS) is 10.4. The van der Waals surface area contributed by atoms with Crippen molar-refractivity contribution >= 4 is 17.6 Å². The van der Waals surface area contributed by atoms with Crippen molar-refractivity contribution < 1.29 is 18.8 Å². The van der Waals surface area contributed by atoms with Gasteiger partial charge in [0.2, 0.25) is 5.91 Å². The Morgan fingerprint density at radius 3 is 2.31 bits per heavy atom. The lowest BCUT2D eigenvalue weighted by Gasteiger charge is -2.11. The van der Waals surface area contributed by atoms with Gasteiger partial charge in [0.15, 0.2) is 5.78 Å². The van der Waals surface area contributed by atoms with E-state index in [0.29, 0.717) is 16.9 Å². The van der Waals surface area contributed by atoms with Gasteiger partial charge in [0, 0.05) is 11.1 Å². The molecule has 2 N–H and O–H groups in total. The van der Waals surface area contributed by atoms with Crippen LogP contribution in [-0.2, 0) is 11.3 Å². The topological polar surface area (TPSA) is 88.4 Å². The Balaban J connectivity index is 1.67. The predicted molar refractivity (Wildman–Crippen MR) is 109 cm³/mol. The van der Waals surface area contributed by atoms with E-state index < -0.39 is 5.91 Å². The lowest BCUT2D eigenvalue weighted by molar-refractivity contribution is -0.120. The zero-order chi connectivity index (χ0) is 20.8. The van der Waals surface area contributed by atoms with Crippen LogP contribution in [0.1, 0.15) is 43.2 Å². The monoisotopic (exact) mass is 390 g/mol. The first-order chi connectivity index (χ1) is 14.0. The molecule has 2 amide bonds. The molecule has 0 radical (unpaired) electrons. The molecule has 148 valence electrons. The van der Waals surface area contributed by atoms with Gasteiger partial charge in [0.25, 0.3) is 5.91 Å². The van der Waals surface area contributed by atoms with E-state index in [9.17, 15) is 14.4 Å². The molecule has 2 aromatic carbocycles. The predicted octanol–water partition coefficient (Wildman–Crippen LogP) is 3.17. The first-order valence-corrected chi connectivity index (χ1v) is 9.24. The fourth-order valence-corrected chi connectivity index (χ4v) is 2.83. The number of carbonyl (C=O) groups excluding carboxylic acids is 3. The number of amides is 2. The summed E-state index contributed by atoms with van der Waals surface area (Å²) in [5.41, 5.74) is 3.14. The van der Waals surface area contributed by atoms with Gasteiger partial charge >= 0.3 is 0 Å². The van der Waals surface area contributed by atoms with Crippen molar-refractivity contribution in [1.29, 1.82) is 0 Å². The Kier molecular flexibility index (Phi) is 6.24. The molecule has 6 nitrogen and oxygen atoms in total. The molecule has 6 heteroatoms. The lowest BCUT2D eigenvalue weighted by Crippen LogP contribution is -2.37. The number of furan rings is 1. The average Bonchev–Trinajstić information content (AvgIpc) is 3.25. The summed E-state index contributed by atoms with van der Waals surface area (Å²) in [6, 6.07) is 15.5. The Labute approximate surface area is 168 Å². The molecule has 0 bridgehead atoms. The molecule has 3 aromatic rings. The summed E-state index contributed by atoms with van der Waals surface area (Å²) < 4.78 is 5.14. The van der Waals surface area contributed by atoms with Crippen LogP contribution in [0, 0.1) is 13.8 Å². The molecule has 0 spiro atoms. The van der Waals surface area contributed by atoms with Gasteiger partial charge in [-0.1, -0.05) is 30.3 Å². The highest BCUT2D eigenvalue weighted by Gasteiger charge is 2.19. The Bertz CT molecular complexity index is 1040. The first kappa shape index (κ1) is 20.1. The smallest absolute Gasteiger partial charge is 0.252 e. The highest BCUT2D eigenvalue weighted by Crippen LogP contribution is 2.17. The second-order valence-electron chi connectivity index (χ2n) is 6.71. The molecule has 0 saturated carbocycles. The Hall–Kier alpha value is -3.67. The Morgan fingerprint density at radius 2 is 1.62 bits per heavy atom. The molecular weight excluding hydrogens is 368 g/mol. The van der Waals surface area contributed by atoms with E-state index >= 15 is 0 Å². The minimum Gasteiger partial charge on any atom is -0.467 e. The number of ketones is 1. The van der Waals surface area contributed by atoms with Crippen molar-refractivity contribution in [1.82, 2.24) is 10.6 Å². The average molecular weight is 390 g/mol. The summed E-state index contributed by atoms with van der Waals surface area (Å²) in [6.07, 6.45) is 1.52. The zero-order valence-electron chi connectivity index (χ0n) is 16.3. The largest absolute Gasteiger partial charge is 0.467 e. The van der Waals surface area contributed by atoms with Crippen molar-refractivity contribution in [2.24, 2.45) is 0 Å². The lowest BCUT2D eigenvalue weighted by atomic mass is 9.95. The van der Waals surface area contributed by atoms with E-state index in [2.05, 4.69) is 10.6 Å². The number of rotatable bonds is 7. The molecule has 0 atom stereocenters. The Morgan fingerprint density at radius 1 is 0.862 bits per heavy atom. The molecule has 1 heterocycles. The van der Waals surface area contributed by atoms with Crippen LogP contribution in [-0.4, -0.2) is 24.1 Å². The van der Waals surface area contributed by atoms with Crippen molar-refractivity contribution in [2.45, 2.75) is 20.4 Å². The van der Waals surface area contributed by atoms with E-state index in [1.165, 1.54) is 6.26 Å². The van der Waals surface area contributed by atoms with Crippen LogP contribution in [0.25, 0.3) is 0 Å². The molecule has 1 aromatic heterocycles. The quantitative estimate of drug-likeness (QED) is 0.607. The van der Waals surface area contributed by atoms with Crippen LogP contribution >= 0.6 is 0 Å². The summed E-state index contributed by atoms with van der Waals surface area (Å²) in [6.45, 7) is 3.95. The van der Waals surface area contributed by atoms with E-state index in [1.807, 2.05) is 26.0 Å². The molecule has 29 heavy (non-hydrogen) atoms. The van der Waals surface area contributed by atoms with Gasteiger partial charge in [-0.2, -0.15) is 0 Å². The third-order valence-electron chi connectivity index (χ3n) is 4.63. The molecule has 0 saturated heterocycles. The molecule has 0 aliphatic heterocycles. The van der Waals surface area contributed by atoms with Gasteiger partial charge < -0.3 is 15.1 Å². The number of nitrogens with one attached hydrogen (secondary N) is 2. The SMILES string of the molecule is Cc1ccc(C(=O)c2ccccc2C(=O)NCC(=O)NCc2ccco2)cc1C. The highest BCUT2D eigenvalue weighted by molar-refractivity contribution is 6.15. The maximum Gasteiger partial charge on any atom is 0.252 e. The van der Waals surface area contributed by atoms with Crippen LogP contribution in [0.15, 0.2) is 65.3 Å². The minimum atomic E-state index is -0.481. The summed E-state index contributed by atoms with van der Waals surface area (Å²) in [7, 11) is 0. The van der Waals surface area contributed by atoms with E-state index in [1.54, 1.807) is 42.5 Å². The van der Waals surface area contributed by atoms with Crippen molar-refractivity contribution in [2.75, 3.05) is 6.54 Å².